The molecular formula is C8H7N3OS. The minimum atomic E-state index is -0.0395. The Morgan fingerprint density at radius 1 is 1.46 bits per heavy atom. The summed E-state index contributed by atoms with van der Waals surface area (Å²) in [5, 5.41) is 0. The van der Waals surface area contributed by atoms with E-state index in [1.54, 1.807) is 12.4 Å². The number of carbonyl (C=O) groups excluding carboxylic acids is 1. The van der Waals surface area contributed by atoms with Gasteiger partial charge in [-0.15, -0.1) is 11.3 Å². The van der Waals surface area contributed by atoms with Gasteiger partial charge in [-0.1, -0.05) is 0 Å². The van der Waals surface area contributed by atoms with Gasteiger partial charge >= 0.3 is 0 Å². The SMILES string of the molecule is CC(=O)c1sc2nccnc2c1N. The van der Waals surface area contributed by atoms with E-state index in [9.17, 15) is 4.79 Å². The minimum Gasteiger partial charge on any atom is -0.396 e. The molecule has 0 aliphatic heterocycles. The Balaban J connectivity index is 2.81. The molecule has 2 aromatic rings. The molecule has 66 valence electrons. The van der Waals surface area contributed by atoms with Gasteiger partial charge in [0.1, 0.15) is 10.3 Å². The normalized spacial score (nSPS) is 10.5. The van der Waals surface area contributed by atoms with Crippen molar-refractivity contribution < 1.29 is 4.79 Å². The van der Waals surface area contributed by atoms with E-state index in [0.29, 0.717) is 20.9 Å². The number of ketones is 1. The van der Waals surface area contributed by atoms with Crippen molar-refractivity contribution in [2.45, 2.75) is 6.92 Å². The summed E-state index contributed by atoms with van der Waals surface area (Å²) in [6.07, 6.45) is 3.15. The lowest BCUT2D eigenvalue weighted by Gasteiger charge is -1.90. The Bertz CT molecular complexity index is 477. The second-order valence-corrected chi connectivity index (χ2v) is 3.61. The predicted octanol–water partition coefficient (Wildman–Crippen LogP) is 1.48. The van der Waals surface area contributed by atoms with Crippen molar-refractivity contribution in [3.63, 3.8) is 0 Å². The maximum absolute atomic E-state index is 11.1. The summed E-state index contributed by atoms with van der Waals surface area (Å²) in [7, 11) is 0. The van der Waals surface area contributed by atoms with Crippen molar-refractivity contribution in [2.75, 3.05) is 5.73 Å². The van der Waals surface area contributed by atoms with Crippen molar-refractivity contribution >= 4 is 33.2 Å². The van der Waals surface area contributed by atoms with Gasteiger partial charge in [-0.2, -0.15) is 0 Å². The van der Waals surface area contributed by atoms with Crippen LogP contribution in [0.5, 0.6) is 0 Å². The standard InChI is InChI=1S/C8H7N3OS/c1-4(12)7-5(9)6-8(13-7)11-3-2-10-6/h2-3H,9H2,1H3. The van der Waals surface area contributed by atoms with Crippen LogP contribution >= 0.6 is 11.3 Å². The molecule has 2 heterocycles. The molecule has 2 aromatic heterocycles. The zero-order chi connectivity index (χ0) is 9.42. The molecule has 0 amide bonds. The van der Waals surface area contributed by atoms with E-state index < -0.39 is 0 Å². The average Bonchev–Trinajstić information content (AvgIpc) is 2.45. The Labute approximate surface area is 78.4 Å². The van der Waals surface area contributed by atoms with Crippen LogP contribution in [0.15, 0.2) is 12.4 Å². The van der Waals surface area contributed by atoms with E-state index in [1.807, 2.05) is 0 Å². The molecule has 0 saturated heterocycles. The average molecular weight is 193 g/mol. The summed E-state index contributed by atoms with van der Waals surface area (Å²) in [4.78, 5) is 20.5. The molecule has 0 atom stereocenters. The fourth-order valence-electron chi connectivity index (χ4n) is 1.11. The number of Topliss-reactive ketones (excluding diaryl/α,β-unsaturated/α-hetero) is 1. The lowest BCUT2D eigenvalue weighted by molar-refractivity contribution is 0.102. The molecule has 0 aromatic carbocycles. The van der Waals surface area contributed by atoms with Crippen molar-refractivity contribution in [3.8, 4) is 0 Å². The molecule has 0 radical (unpaired) electrons. The quantitative estimate of drug-likeness (QED) is 0.696. The maximum atomic E-state index is 11.1. The van der Waals surface area contributed by atoms with Gasteiger partial charge in [0, 0.05) is 19.3 Å². The van der Waals surface area contributed by atoms with Gasteiger partial charge in [-0.3, -0.25) is 4.79 Å². The molecule has 0 aliphatic rings. The zero-order valence-corrected chi connectivity index (χ0v) is 7.76. The van der Waals surface area contributed by atoms with Crippen LogP contribution in [0, 0.1) is 0 Å². The molecule has 0 saturated carbocycles. The van der Waals surface area contributed by atoms with E-state index in [2.05, 4.69) is 9.97 Å². The van der Waals surface area contributed by atoms with Crippen molar-refractivity contribution in [2.24, 2.45) is 0 Å². The summed E-state index contributed by atoms with van der Waals surface area (Å²) >= 11 is 1.28. The van der Waals surface area contributed by atoms with E-state index in [0.717, 1.165) is 0 Å². The fraction of sp³-hybridized carbons (Fsp3) is 0.125. The highest BCUT2D eigenvalue weighted by Gasteiger charge is 2.13. The minimum absolute atomic E-state index is 0.0395. The third-order valence-electron chi connectivity index (χ3n) is 1.68. The number of nitrogens with zero attached hydrogens (tertiary/aromatic N) is 2. The Morgan fingerprint density at radius 2 is 2.15 bits per heavy atom. The van der Waals surface area contributed by atoms with Crippen LogP contribution < -0.4 is 5.73 Å². The number of rotatable bonds is 1. The zero-order valence-electron chi connectivity index (χ0n) is 6.94. The Kier molecular flexibility index (Phi) is 1.73. The van der Waals surface area contributed by atoms with Crippen LogP contribution in [-0.4, -0.2) is 15.8 Å². The summed E-state index contributed by atoms with van der Waals surface area (Å²) in [6.45, 7) is 1.49. The highest BCUT2D eigenvalue weighted by molar-refractivity contribution is 7.21. The first-order chi connectivity index (χ1) is 6.20. The molecule has 13 heavy (non-hydrogen) atoms. The Hall–Kier alpha value is -1.49. The van der Waals surface area contributed by atoms with Gasteiger partial charge in [0.05, 0.1) is 10.6 Å². The highest BCUT2D eigenvalue weighted by atomic mass is 32.1. The Morgan fingerprint density at radius 3 is 2.77 bits per heavy atom. The number of thiophene rings is 1. The highest BCUT2D eigenvalue weighted by Crippen LogP contribution is 2.30. The molecule has 2 N–H and O–H groups in total. The first kappa shape index (κ1) is 8.12. The smallest absolute Gasteiger partial charge is 0.171 e. The van der Waals surface area contributed by atoms with Crippen LogP contribution in [-0.2, 0) is 0 Å². The van der Waals surface area contributed by atoms with E-state index in [1.165, 1.54) is 18.3 Å². The number of anilines is 1. The second-order valence-electron chi connectivity index (χ2n) is 2.61. The molecule has 0 spiro atoms. The van der Waals surface area contributed by atoms with Gasteiger partial charge in [-0.25, -0.2) is 9.97 Å². The first-order valence-corrected chi connectivity index (χ1v) is 4.51. The summed E-state index contributed by atoms with van der Waals surface area (Å²) < 4.78 is 0. The van der Waals surface area contributed by atoms with E-state index in [4.69, 9.17) is 5.73 Å². The molecule has 4 nitrogen and oxygen atoms in total. The number of nitrogens with two attached hydrogens (primary N) is 1. The number of hydrogen-bond donors (Lipinski definition) is 1. The largest absolute Gasteiger partial charge is 0.396 e. The molecule has 5 heteroatoms. The van der Waals surface area contributed by atoms with Crippen molar-refractivity contribution in [1.29, 1.82) is 0 Å². The van der Waals surface area contributed by atoms with E-state index in [-0.39, 0.29) is 5.78 Å². The van der Waals surface area contributed by atoms with Gasteiger partial charge in [0.15, 0.2) is 5.78 Å². The first-order valence-electron chi connectivity index (χ1n) is 3.70. The molecule has 0 unspecified atom stereocenters. The monoisotopic (exact) mass is 193 g/mol. The third-order valence-corrected chi connectivity index (χ3v) is 2.89. The molecule has 0 aliphatic carbocycles. The van der Waals surface area contributed by atoms with Crippen LogP contribution in [0.4, 0.5) is 5.69 Å². The van der Waals surface area contributed by atoms with Crippen molar-refractivity contribution in [1.82, 2.24) is 9.97 Å². The summed E-state index contributed by atoms with van der Waals surface area (Å²) in [5.41, 5.74) is 6.79. The fourth-order valence-corrected chi connectivity index (χ4v) is 2.02. The lowest BCUT2D eigenvalue weighted by Crippen LogP contribution is -1.94. The number of nitrogen functional groups attached to an aromatic ring is 1. The summed E-state index contributed by atoms with van der Waals surface area (Å²) in [5.74, 6) is -0.0395. The topological polar surface area (TPSA) is 68.9 Å². The number of carbonyl (C=O) groups is 1. The summed E-state index contributed by atoms with van der Waals surface area (Å²) in [6, 6.07) is 0. The predicted molar refractivity (Wildman–Crippen MR) is 51.8 cm³/mol. The third kappa shape index (κ3) is 1.17. The second kappa shape index (κ2) is 2.77. The molecular weight excluding hydrogens is 186 g/mol. The number of aromatic nitrogens is 2. The number of fused-ring (bicyclic) bond motifs is 1. The lowest BCUT2D eigenvalue weighted by atomic mass is 10.3. The van der Waals surface area contributed by atoms with Crippen LogP contribution in [0.25, 0.3) is 10.3 Å². The maximum Gasteiger partial charge on any atom is 0.171 e. The number of hydrogen-bond acceptors (Lipinski definition) is 5. The van der Waals surface area contributed by atoms with Crippen LogP contribution in [0.2, 0.25) is 0 Å². The van der Waals surface area contributed by atoms with Gasteiger partial charge in [0.2, 0.25) is 0 Å². The van der Waals surface area contributed by atoms with Crippen LogP contribution in [0.3, 0.4) is 0 Å². The van der Waals surface area contributed by atoms with Crippen LogP contribution in [0.1, 0.15) is 16.6 Å². The molecule has 0 fully saturated rings. The van der Waals surface area contributed by atoms with Gasteiger partial charge < -0.3 is 5.73 Å². The molecule has 0 bridgehead atoms. The van der Waals surface area contributed by atoms with Gasteiger partial charge in [0.25, 0.3) is 0 Å². The molecule has 2 rings (SSSR count). The van der Waals surface area contributed by atoms with Crippen molar-refractivity contribution in [3.05, 3.63) is 17.3 Å². The van der Waals surface area contributed by atoms with E-state index >= 15 is 0 Å². The van der Waals surface area contributed by atoms with Gasteiger partial charge in [-0.05, 0) is 0 Å².